The zero-order valence-electron chi connectivity index (χ0n) is 18.0. The molecule has 1 spiro atoms. The van der Waals surface area contributed by atoms with E-state index in [1.165, 1.54) is 0 Å². The molecule has 0 unspecified atom stereocenters. The van der Waals surface area contributed by atoms with Gasteiger partial charge in [0.25, 0.3) is 5.91 Å². The minimum atomic E-state index is -0.570. The molecule has 2 aromatic carbocycles. The molecule has 2 aliphatic rings. The monoisotopic (exact) mass is 431 g/mol. The standard InChI is InChI=1S/C25H23N2O5/c1-30-21-9-5-7-17-22(31-2)14-18(26-23(17)21)24(29)27-12-10-25(11-13-27)15-19(28)16-6-3-4-8-20(16)32-25/h4-9,14H,10-13,15H2,1-2H3. The molecule has 3 heterocycles. The Bertz CT molecular complexity index is 1210. The highest BCUT2D eigenvalue weighted by molar-refractivity contribution is 6.00. The maximum absolute atomic E-state index is 13.3. The fourth-order valence-corrected chi connectivity index (χ4v) is 4.57. The van der Waals surface area contributed by atoms with Gasteiger partial charge in [0.15, 0.2) is 5.78 Å². The highest BCUT2D eigenvalue weighted by Crippen LogP contribution is 2.39. The van der Waals surface area contributed by atoms with E-state index in [1.54, 1.807) is 49.5 Å². The number of aromatic nitrogens is 1. The summed E-state index contributed by atoms with van der Waals surface area (Å²) in [4.78, 5) is 32.3. The fraction of sp³-hybridized carbons (Fsp3) is 0.320. The lowest BCUT2D eigenvalue weighted by Gasteiger charge is -2.43. The molecule has 0 N–H and O–H groups in total. The number of likely N-dealkylation sites (tertiary alicyclic amines) is 1. The van der Waals surface area contributed by atoms with Gasteiger partial charge in [0.05, 0.1) is 26.2 Å². The molecule has 5 rings (SSSR count). The van der Waals surface area contributed by atoms with Crippen LogP contribution in [0.2, 0.25) is 0 Å². The topological polar surface area (TPSA) is 78.0 Å². The number of amides is 1. The number of hydrogen-bond donors (Lipinski definition) is 0. The molecule has 1 radical (unpaired) electrons. The molecular weight excluding hydrogens is 408 g/mol. The lowest BCUT2D eigenvalue weighted by Crippen LogP contribution is -2.52. The molecule has 0 atom stereocenters. The van der Waals surface area contributed by atoms with Gasteiger partial charge in [-0.05, 0) is 30.3 Å². The molecule has 0 saturated carbocycles. The molecule has 0 bridgehead atoms. The van der Waals surface area contributed by atoms with Gasteiger partial charge in [0, 0.05) is 37.4 Å². The first-order valence-electron chi connectivity index (χ1n) is 10.6. The van der Waals surface area contributed by atoms with E-state index >= 15 is 0 Å². The molecule has 3 aromatic rings. The van der Waals surface area contributed by atoms with Crippen molar-refractivity contribution in [3.05, 3.63) is 59.8 Å². The highest BCUT2D eigenvalue weighted by atomic mass is 16.5. The summed E-state index contributed by atoms with van der Waals surface area (Å²) in [7, 11) is 3.14. The smallest absolute Gasteiger partial charge is 0.272 e. The minimum Gasteiger partial charge on any atom is -0.496 e. The van der Waals surface area contributed by atoms with Gasteiger partial charge in [-0.2, -0.15) is 0 Å². The van der Waals surface area contributed by atoms with Crippen LogP contribution < -0.4 is 14.2 Å². The Kier molecular flexibility index (Phi) is 4.96. The first-order chi connectivity index (χ1) is 15.5. The fourth-order valence-electron chi connectivity index (χ4n) is 4.57. The normalized spacial score (nSPS) is 17.1. The summed E-state index contributed by atoms with van der Waals surface area (Å²) in [5.74, 6) is 1.64. The van der Waals surface area contributed by atoms with Gasteiger partial charge in [0.2, 0.25) is 0 Å². The SMILES string of the molecule is COc1cc(C(=O)N2CCC3(CC2)CC(=O)c2c[c]ccc2O3)nc2c(OC)cccc12. The second-order valence-corrected chi connectivity index (χ2v) is 8.17. The van der Waals surface area contributed by atoms with Crippen LogP contribution in [0.5, 0.6) is 17.2 Å². The first kappa shape index (κ1) is 20.3. The Morgan fingerprint density at radius 2 is 1.94 bits per heavy atom. The summed E-state index contributed by atoms with van der Waals surface area (Å²) >= 11 is 0. The number of hydrogen-bond acceptors (Lipinski definition) is 6. The number of carbonyl (C=O) groups excluding carboxylic acids is 2. The number of piperidine rings is 1. The predicted octanol–water partition coefficient (Wildman–Crippen LogP) is 3.69. The van der Waals surface area contributed by atoms with Gasteiger partial charge >= 0.3 is 0 Å². The molecule has 1 aromatic heterocycles. The lowest BCUT2D eigenvalue weighted by atomic mass is 9.82. The third-order valence-corrected chi connectivity index (χ3v) is 6.32. The van der Waals surface area contributed by atoms with E-state index in [0.29, 0.717) is 66.4 Å². The average molecular weight is 431 g/mol. The maximum Gasteiger partial charge on any atom is 0.272 e. The third kappa shape index (κ3) is 3.34. The number of Topliss-reactive ketones (excluding diaryl/α,β-unsaturated/α-hetero) is 1. The van der Waals surface area contributed by atoms with Gasteiger partial charge in [-0.15, -0.1) is 0 Å². The number of carbonyl (C=O) groups is 2. The zero-order chi connectivity index (χ0) is 22.3. The van der Waals surface area contributed by atoms with Gasteiger partial charge in [0.1, 0.15) is 34.1 Å². The van der Waals surface area contributed by atoms with Gasteiger partial charge in [-0.3, -0.25) is 9.59 Å². The number of pyridine rings is 1. The molecule has 7 nitrogen and oxygen atoms in total. The summed E-state index contributed by atoms with van der Waals surface area (Å²) in [5.41, 5.74) is 0.898. The number of nitrogens with zero attached hydrogens (tertiary/aromatic N) is 2. The van der Waals surface area contributed by atoms with Crippen molar-refractivity contribution in [3.63, 3.8) is 0 Å². The van der Waals surface area contributed by atoms with Crippen molar-refractivity contribution < 1.29 is 23.8 Å². The van der Waals surface area contributed by atoms with Crippen LogP contribution in [0.4, 0.5) is 0 Å². The highest BCUT2D eigenvalue weighted by Gasteiger charge is 2.43. The molecule has 1 fully saturated rings. The van der Waals surface area contributed by atoms with Crippen LogP contribution in [-0.2, 0) is 0 Å². The van der Waals surface area contributed by atoms with Crippen molar-refractivity contribution in [2.75, 3.05) is 27.3 Å². The van der Waals surface area contributed by atoms with E-state index in [9.17, 15) is 9.59 Å². The molecule has 0 aliphatic carbocycles. The van der Waals surface area contributed by atoms with Crippen molar-refractivity contribution in [1.29, 1.82) is 0 Å². The molecule has 163 valence electrons. The third-order valence-electron chi connectivity index (χ3n) is 6.32. The number of ether oxygens (including phenoxy) is 3. The van der Waals surface area contributed by atoms with E-state index in [1.807, 2.05) is 12.1 Å². The summed E-state index contributed by atoms with van der Waals surface area (Å²) in [5, 5.41) is 0.783. The van der Waals surface area contributed by atoms with Crippen molar-refractivity contribution >= 4 is 22.6 Å². The Hall–Kier alpha value is -3.61. The van der Waals surface area contributed by atoms with E-state index in [-0.39, 0.29) is 11.7 Å². The number of rotatable bonds is 3. The van der Waals surface area contributed by atoms with Gasteiger partial charge in [-0.1, -0.05) is 12.1 Å². The molecule has 32 heavy (non-hydrogen) atoms. The zero-order valence-corrected chi connectivity index (χ0v) is 18.0. The summed E-state index contributed by atoms with van der Waals surface area (Å²) < 4.78 is 17.2. The number of para-hydroxylation sites is 1. The minimum absolute atomic E-state index is 0.0657. The number of ketones is 1. The summed E-state index contributed by atoms with van der Waals surface area (Å²) in [6.07, 6.45) is 1.48. The van der Waals surface area contributed by atoms with E-state index in [2.05, 4.69) is 11.1 Å². The summed E-state index contributed by atoms with van der Waals surface area (Å²) in [6, 6.07) is 15.4. The lowest BCUT2D eigenvalue weighted by molar-refractivity contribution is -0.00585. The predicted molar refractivity (Wildman–Crippen MR) is 118 cm³/mol. The molecule has 7 heteroatoms. The van der Waals surface area contributed by atoms with Crippen LogP contribution in [0.3, 0.4) is 0 Å². The molecule has 1 saturated heterocycles. The number of benzene rings is 2. The largest absolute Gasteiger partial charge is 0.496 e. The van der Waals surface area contributed by atoms with E-state index < -0.39 is 5.60 Å². The summed E-state index contributed by atoms with van der Waals surface area (Å²) in [6.45, 7) is 0.961. The number of methoxy groups -OCH3 is 2. The maximum atomic E-state index is 13.3. The second kappa shape index (κ2) is 7.82. The van der Waals surface area contributed by atoms with Crippen molar-refractivity contribution in [2.24, 2.45) is 0 Å². The van der Waals surface area contributed by atoms with Crippen LogP contribution in [0.1, 0.15) is 40.1 Å². The number of fused-ring (bicyclic) bond motifs is 2. The van der Waals surface area contributed by atoms with Crippen molar-refractivity contribution in [2.45, 2.75) is 24.9 Å². The van der Waals surface area contributed by atoms with Crippen LogP contribution in [0, 0.1) is 6.07 Å². The van der Waals surface area contributed by atoms with Crippen molar-refractivity contribution in [3.8, 4) is 17.2 Å². The van der Waals surface area contributed by atoms with Crippen molar-refractivity contribution in [1.82, 2.24) is 9.88 Å². The van der Waals surface area contributed by atoms with E-state index in [4.69, 9.17) is 14.2 Å². The average Bonchev–Trinajstić information content (AvgIpc) is 2.83. The molecule has 2 aliphatic heterocycles. The molecule has 1 amide bonds. The van der Waals surface area contributed by atoms with Gasteiger partial charge in [-0.25, -0.2) is 4.98 Å². The van der Waals surface area contributed by atoms with Crippen LogP contribution >= 0.6 is 0 Å². The Morgan fingerprint density at radius 3 is 2.69 bits per heavy atom. The Balaban J connectivity index is 1.38. The molecular formula is C25H23N2O5. The van der Waals surface area contributed by atoms with Crippen LogP contribution in [0.15, 0.2) is 42.5 Å². The van der Waals surface area contributed by atoms with Crippen LogP contribution in [0.25, 0.3) is 10.9 Å². The van der Waals surface area contributed by atoms with E-state index in [0.717, 1.165) is 5.39 Å². The quantitative estimate of drug-likeness (QED) is 0.629. The van der Waals surface area contributed by atoms with Gasteiger partial charge < -0.3 is 19.1 Å². The Morgan fingerprint density at radius 1 is 1.16 bits per heavy atom. The first-order valence-corrected chi connectivity index (χ1v) is 10.6. The second-order valence-electron chi connectivity index (χ2n) is 8.17. The Labute approximate surface area is 185 Å². The van der Waals surface area contributed by atoms with Crippen LogP contribution in [-0.4, -0.2) is 54.5 Å².